The minimum atomic E-state index is -0.112. The summed E-state index contributed by atoms with van der Waals surface area (Å²) >= 11 is 0. The SMILES string of the molecule is CN(c1ccc(C(=O)NCc2cccnc2)cc1)C1CCc2cc3nc(CN4CCCCC4)n(C)c(=O)c3cc21. The van der Waals surface area contributed by atoms with Gasteiger partial charge in [0.05, 0.1) is 23.5 Å². The van der Waals surface area contributed by atoms with Crippen LogP contribution in [0.3, 0.4) is 0 Å². The van der Waals surface area contributed by atoms with Crippen molar-refractivity contribution in [1.82, 2.24) is 24.8 Å². The summed E-state index contributed by atoms with van der Waals surface area (Å²) in [6.07, 6.45) is 9.10. The molecule has 2 aliphatic rings. The molecule has 6 rings (SSSR count). The number of carbonyl (C=O) groups is 1. The monoisotopic (exact) mass is 536 g/mol. The van der Waals surface area contributed by atoms with Crippen LogP contribution in [0.25, 0.3) is 10.9 Å². The summed E-state index contributed by atoms with van der Waals surface area (Å²) in [6, 6.07) is 15.9. The number of nitrogens with zero attached hydrogens (tertiary/aromatic N) is 5. The molecule has 1 aliphatic heterocycles. The van der Waals surface area contributed by atoms with E-state index < -0.39 is 0 Å². The first-order valence-corrected chi connectivity index (χ1v) is 14.2. The van der Waals surface area contributed by atoms with Crippen molar-refractivity contribution in [1.29, 1.82) is 0 Å². The van der Waals surface area contributed by atoms with Crippen molar-refractivity contribution >= 4 is 22.5 Å². The maximum absolute atomic E-state index is 13.4. The van der Waals surface area contributed by atoms with Crippen molar-refractivity contribution < 1.29 is 4.79 Å². The van der Waals surface area contributed by atoms with E-state index >= 15 is 0 Å². The number of nitrogens with one attached hydrogen (secondary N) is 1. The summed E-state index contributed by atoms with van der Waals surface area (Å²) in [4.78, 5) is 39.8. The van der Waals surface area contributed by atoms with E-state index in [1.54, 1.807) is 17.0 Å². The van der Waals surface area contributed by atoms with E-state index in [-0.39, 0.29) is 17.5 Å². The van der Waals surface area contributed by atoms with Crippen LogP contribution in [0.2, 0.25) is 0 Å². The van der Waals surface area contributed by atoms with E-state index in [4.69, 9.17) is 4.98 Å². The first-order chi connectivity index (χ1) is 19.5. The average Bonchev–Trinajstić information content (AvgIpc) is 3.41. The van der Waals surface area contributed by atoms with Gasteiger partial charge in [0.1, 0.15) is 5.82 Å². The molecule has 1 N–H and O–H groups in total. The highest BCUT2D eigenvalue weighted by Crippen LogP contribution is 2.39. The van der Waals surface area contributed by atoms with Gasteiger partial charge in [0.2, 0.25) is 0 Å². The summed E-state index contributed by atoms with van der Waals surface area (Å²) in [5.74, 6) is 0.731. The van der Waals surface area contributed by atoms with Gasteiger partial charge >= 0.3 is 0 Å². The number of aryl methyl sites for hydroxylation is 1. The number of amides is 1. The number of anilines is 1. The van der Waals surface area contributed by atoms with Crippen molar-refractivity contribution in [3.8, 4) is 0 Å². The molecule has 1 saturated heterocycles. The van der Waals surface area contributed by atoms with E-state index in [1.807, 2.05) is 43.4 Å². The molecule has 1 aliphatic carbocycles. The molecule has 3 heterocycles. The molecule has 2 aromatic heterocycles. The number of aromatic nitrogens is 3. The van der Waals surface area contributed by atoms with Crippen molar-refractivity contribution in [2.75, 3.05) is 25.0 Å². The minimum Gasteiger partial charge on any atom is -0.368 e. The van der Waals surface area contributed by atoms with Gasteiger partial charge in [-0.1, -0.05) is 12.5 Å². The fourth-order valence-corrected chi connectivity index (χ4v) is 6.07. The smallest absolute Gasteiger partial charge is 0.261 e. The van der Waals surface area contributed by atoms with Gasteiger partial charge in [0, 0.05) is 44.3 Å². The minimum absolute atomic E-state index is 0.0229. The molecule has 1 atom stereocenters. The van der Waals surface area contributed by atoms with E-state index in [0.717, 1.165) is 55.1 Å². The average molecular weight is 537 g/mol. The Kier molecular flexibility index (Phi) is 7.34. The Morgan fingerprint density at radius 3 is 2.65 bits per heavy atom. The standard InChI is InChI=1S/C32H36N6O2/c1-36(25-11-8-23(9-12-25)31(39)34-20-22-7-6-14-33-19-22)29-13-10-24-17-28-27(18-26(24)29)32(40)37(2)30(35-28)21-38-15-4-3-5-16-38/h6-9,11-12,14,17-19,29H,3-5,10,13,15-16,20-21H2,1-2H3,(H,34,39). The third-order valence-electron chi connectivity index (χ3n) is 8.47. The van der Waals surface area contributed by atoms with Crippen molar-refractivity contribution in [2.24, 2.45) is 7.05 Å². The lowest BCUT2D eigenvalue weighted by atomic mass is 10.0. The quantitative estimate of drug-likeness (QED) is 0.378. The lowest BCUT2D eigenvalue weighted by Gasteiger charge is -2.28. The summed E-state index contributed by atoms with van der Waals surface area (Å²) in [5, 5.41) is 3.64. The number of hydrogen-bond donors (Lipinski definition) is 1. The third-order valence-corrected chi connectivity index (χ3v) is 8.47. The van der Waals surface area contributed by atoms with Crippen LogP contribution in [0.4, 0.5) is 5.69 Å². The van der Waals surface area contributed by atoms with Gasteiger partial charge in [-0.15, -0.1) is 0 Å². The molecule has 0 radical (unpaired) electrons. The lowest BCUT2D eigenvalue weighted by molar-refractivity contribution is 0.0951. The van der Waals surface area contributed by atoms with Gasteiger partial charge in [-0.2, -0.15) is 0 Å². The first-order valence-electron chi connectivity index (χ1n) is 14.2. The molecule has 0 bridgehead atoms. The summed E-state index contributed by atoms with van der Waals surface area (Å²) in [7, 11) is 3.93. The molecular formula is C32H36N6O2. The highest BCUT2D eigenvalue weighted by molar-refractivity contribution is 5.94. The topological polar surface area (TPSA) is 83.4 Å². The second-order valence-electron chi connectivity index (χ2n) is 11.1. The molecule has 8 nitrogen and oxygen atoms in total. The Labute approximate surface area is 234 Å². The van der Waals surface area contributed by atoms with Crippen LogP contribution >= 0.6 is 0 Å². The molecule has 0 spiro atoms. The largest absolute Gasteiger partial charge is 0.368 e. The van der Waals surface area contributed by atoms with Gasteiger partial charge in [-0.3, -0.25) is 24.0 Å². The van der Waals surface area contributed by atoms with Gasteiger partial charge in [0.15, 0.2) is 0 Å². The first kappa shape index (κ1) is 26.2. The van der Waals surface area contributed by atoms with Crippen LogP contribution in [-0.4, -0.2) is 45.5 Å². The maximum Gasteiger partial charge on any atom is 0.261 e. The van der Waals surface area contributed by atoms with Crippen LogP contribution in [0.5, 0.6) is 0 Å². The van der Waals surface area contributed by atoms with E-state index in [1.165, 1.54) is 30.4 Å². The molecule has 206 valence electrons. The Bertz CT molecular complexity index is 1580. The highest BCUT2D eigenvalue weighted by atomic mass is 16.1. The van der Waals surface area contributed by atoms with Crippen LogP contribution in [0.1, 0.15) is 64.6 Å². The lowest BCUT2D eigenvalue weighted by Crippen LogP contribution is -2.33. The van der Waals surface area contributed by atoms with Crippen LogP contribution < -0.4 is 15.8 Å². The molecular weight excluding hydrogens is 500 g/mol. The summed E-state index contributed by atoms with van der Waals surface area (Å²) in [6.45, 7) is 3.31. The molecule has 8 heteroatoms. The molecule has 2 aromatic carbocycles. The Morgan fingerprint density at radius 1 is 1.10 bits per heavy atom. The Hall–Kier alpha value is -4.04. The second-order valence-corrected chi connectivity index (χ2v) is 11.1. The van der Waals surface area contributed by atoms with Gasteiger partial charge < -0.3 is 10.2 Å². The van der Waals surface area contributed by atoms with Gasteiger partial charge in [0.25, 0.3) is 11.5 Å². The van der Waals surface area contributed by atoms with Crippen LogP contribution in [-0.2, 0) is 26.6 Å². The van der Waals surface area contributed by atoms with Gasteiger partial charge in [-0.05, 0) is 97.9 Å². The van der Waals surface area contributed by atoms with Crippen molar-refractivity contribution in [2.45, 2.75) is 51.2 Å². The zero-order chi connectivity index (χ0) is 27.6. The summed E-state index contributed by atoms with van der Waals surface area (Å²) < 4.78 is 1.73. The van der Waals surface area contributed by atoms with E-state index in [2.05, 4.69) is 39.3 Å². The van der Waals surface area contributed by atoms with Crippen molar-refractivity contribution in [3.05, 3.63) is 99.4 Å². The molecule has 1 unspecified atom stereocenters. The number of fused-ring (bicyclic) bond motifs is 2. The van der Waals surface area contributed by atoms with Gasteiger partial charge in [-0.25, -0.2) is 4.98 Å². The number of piperidine rings is 1. The number of benzene rings is 2. The second kappa shape index (κ2) is 11.2. The Morgan fingerprint density at radius 2 is 1.90 bits per heavy atom. The zero-order valence-electron chi connectivity index (χ0n) is 23.3. The van der Waals surface area contributed by atoms with Crippen molar-refractivity contribution in [3.63, 3.8) is 0 Å². The van der Waals surface area contributed by atoms with Crippen LogP contribution in [0, 0.1) is 0 Å². The number of likely N-dealkylation sites (tertiary alicyclic amines) is 1. The molecule has 4 aromatic rings. The summed E-state index contributed by atoms with van der Waals surface area (Å²) in [5.41, 5.74) is 5.89. The predicted octanol–water partition coefficient (Wildman–Crippen LogP) is 4.37. The molecule has 40 heavy (non-hydrogen) atoms. The highest BCUT2D eigenvalue weighted by Gasteiger charge is 2.28. The number of carbonyl (C=O) groups excluding carboxylic acids is 1. The fraction of sp³-hybridized carbons (Fsp3) is 0.375. The maximum atomic E-state index is 13.4. The molecule has 0 saturated carbocycles. The number of hydrogen-bond acceptors (Lipinski definition) is 6. The number of rotatable bonds is 7. The molecule has 1 fully saturated rings. The number of pyridine rings is 1. The Balaban J connectivity index is 1.19. The normalized spacial score (nSPS) is 17.1. The zero-order valence-corrected chi connectivity index (χ0v) is 23.3. The third kappa shape index (κ3) is 5.23. The van der Waals surface area contributed by atoms with Crippen LogP contribution in [0.15, 0.2) is 65.7 Å². The molecule has 1 amide bonds. The fourth-order valence-electron chi connectivity index (χ4n) is 6.07. The predicted molar refractivity (Wildman–Crippen MR) is 157 cm³/mol. The van der Waals surface area contributed by atoms with E-state index in [9.17, 15) is 9.59 Å². The van der Waals surface area contributed by atoms with E-state index in [0.29, 0.717) is 17.5 Å².